The van der Waals surface area contributed by atoms with Gasteiger partial charge in [-0.15, -0.1) is 0 Å². The summed E-state index contributed by atoms with van der Waals surface area (Å²) in [4.78, 5) is 0. The van der Waals surface area contributed by atoms with Gasteiger partial charge >= 0.3 is 0 Å². The van der Waals surface area contributed by atoms with Crippen LogP contribution in [0.4, 0.5) is 0 Å². The van der Waals surface area contributed by atoms with Gasteiger partial charge in [-0.25, -0.2) is 0 Å². The predicted octanol–water partition coefficient (Wildman–Crippen LogP) is 4.04. The first-order valence-corrected chi connectivity index (χ1v) is 6.77. The summed E-state index contributed by atoms with van der Waals surface area (Å²) in [5.74, 6) is 0. The number of aromatic nitrogens is 2. The van der Waals surface area contributed by atoms with Crippen LogP contribution in [0.2, 0.25) is 0 Å². The molecule has 0 saturated carbocycles. The van der Waals surface area contributed by atoms with Crippen molar-refractivity contribution in [2.75, 3.05) is 0 Å². The maximum atomic E-state index is 4.45. The molecule has 2 aromatic carbocycles. The van der Waals surface area contributed by atoms with Crippen molar-refractivity contribution >= 4 is 26.8 Å². The number of hydrogen-bond donors (Lipinski definition) is 0. The van der Waals surface area contributed by atoms with Gasteiger partial charge in [-0.3, -0.25) is 4.68 Å². The van der Waals surface area contributed by atoms with E-state index in [1.165, 1.54) is 16.5 Å². The Hall–Kier alpha value is -1.61. The monoisotopic (exact) mass is 300 g/mol. The number of nitrogens with zero attached hydrogens (tertiary/aromatic N) is 2. The van der Waals surface area contributed by atoms with E-state index >= 15 is 0 Å². The van der Waals surface area contributed by atoms with E-state index in [0.29, 0.717) is 0 Å². The minimum Gasteiger partial charge on any atom is -0.264 e. The summed E-state index contributed by atoms with van der Waals surface area (Å²) in [5.41, 5.74) is 2.52. The van der Waals surface area contributed by atoms with Gasteiger partial charge in [-0.1, -0.05) is 52.3 Å². The molecule has 18 heavy (non-hydrogen) atoms. The van der Waals surface area contributed by atoms with Gasteiger partial charge in [0, 0.05) is 16.4 Å². The van der Waals surface area contributed by atoms with Crippen molar-refractivity contribution in [3.63, 3.8) is 0 Å². The van der Waals surface area contributed by atoms with Crippen molar-refractivity contribution in [1.82, 2.24) is 9.78 Å². The lowest BCUT2D eigenvalue weighted by molar-refractivity contribution is 0.635. The third-order valence-corrected chi connectivity index (χ3v) is 3.56. The van der Waals surface area contributed by atoms with Crippen LogP contribution >= 0.6 is 15.9 Å². The minimum atomic E-state index is 0.907. The molecule has 0 aliphatic carbocycles. The van der Waals surface area contributed by atoms with Crippen LogP contribution in [0.25, 0.3) is 10.9 Å². The second-order valence-corrected chi connectivity index (χ2v) is 5.22. The van der Waals surface area contributed by atoms with E-state index < -0.39 is 0 Å². The highest BCUT2D eigenvalue weighted by atomic mass is 79.9. The Balaban J connectivity index is 1.85. The molecule has 0 radical (unpaired) electrons. The van der Waals surface area contributed by atoms with E-state index in [1.807, 2.05) is 18.3 Å². The number of rotatable bonds is 3. The zero-order valence-corrected chi connectivity index (χ0v) is 11.5. The minimum absolute atomic E-state index is 0.907. The summed E-state index contributed by atoms with van der Waals surface area (Å²) < 4.78 is 3.16. The normalized spacial score (nSPS) is 10.9. The Labute approximate surface area is 114 Å². The van der Waals surface area contributed by atoms with E-state index in [4.69, 9.17) is 0 Å². The van der Waals surface area contributed by atoms with E-state index in [0.717, 1.165) is 17.4 Å². The third kappa shape index (κ3) is 2.31. The topological polar surface area (TPSA) is 17.8 Å². The smallest absolute Gasteiger partial charge is 0.0693 e. The molecular formula is C15H13BrN2. The largest absolute Gasteiger partial charge is 0.264 e. The molecule has 0 amide bonds. The van der Waals surface area contributed by atoms with Gasteiger partial charge in [0.25, 0.3) is 0 Å². The van der Waals surface area contributed by atoms with Crippen LogP contribution < -0.4 is 0 Å². The lowest BCUT2D eigenvalue weighted by atomic mass is 10.1. The van der Waals surface area contributed by atoms with Crippen LogP contribution in [0, 0.1) is 0 Å². The first-order valence-electron chi connectivity index (χ1n) is 5.98. The Morgan fingerprint density at radius 2 is 1.89 bits per heavy atom. The van der Waals surface area contributed by atoms with Gasteiger partial charge in [0.1, 0.15) is 0 Å². The fourth-order valence-corrected chi connectivity index (χ4v) is 2.45. The fourth-order valence-electron chi connectivity index (χ4n) is 2.10. The number of fused-ring (bicyclic) bond motifs is 1. The van der Waals surface area contributed by atoms with Crippen LogP contribution in [0.1, 0.15) is 5.56 Å². The zero-order chi connectivity index (χ0) is 12.4. The molecule has 0 spiro atoms. The predicted molar refractivity (Wildman–Crippen MR) is 77.6 cm³/mol. The van der Waals surface area contributed by atoms with Crippen molar-refractivity contribution < 1.29 is 0 Å². The van der Waals surface area contributed by atoms with Crippen LogP contribution in [-0.2, 0) is 13.0 Å². The molecule has 0 bridgehead atoms. The fraction of sp³-hybridized carbons (Fsp3) is 0.133. The second-order valence-electron chi connectivity index (χ2n) is 4.31. The Morgan fingerprint density at radius 1 is 1.06 bits per heavy atom. The number of aryl methyl sites for hydroxylation is 2. The highest BCUT2D eigenvalue weighted by Crippen LogP contribution is 2.19. The molecule has 0 fully saturated rings. The molecule has 1 heterocycles. The summed E-state index contributed by atoms with van der Waals surface area (Å²) in [6, 6.07) is 16.8. The van der Waals surface area contributed by atoms with Crippen LogP contribution in [-0.4, -0.2) is 9.78 Å². The quantitative estimate of drug-likeness (QED) is 0.714. The standard InChI is InChI=1S/C15H13BrN2/c16-14-7-6-13-11-17-18(15(13)10-14)9-8-12-4-2-1-3-5-12/h1-7,10-11H,8-9H2. The summed E-state index contributed by atoms with van der Waals surface area (Å²) in [5, 5.41) is 5.63. The highest BCUT2D eigenvalue weighted by Gasteiger charge is 2.03. The first-order chi connectivity index (χ1) is 8.83. The van der Waals surface area contributed by atoms with E-state index in [1.54, 1.807) is 0 Å². The van der Waals surface area contributed by atoms with E-state index in [2.05, 4.69) is 62.1 Å². The molecule has 2 nitrogen and oxygen atoms in total. The van der Waals surface area contributed by atoms with Crippen molar-refractivity contribution in [2.24, 2.45) is 0 Å². The van der Waals surface area contributed by atoms with Crippen molar-refractivity contribution in [1.29, 1.82) is 0 Å². The lowest BCUT2D eigenvalue weighted by Crippen LogP contribution is -2.02. The number of hydrogen-bond acceptors (Lipinski definition) is 1. The molecule has 0 N–H and O–H groups in total. The van der Waals surface area contributed by atoms with Gasteiger partial charge in [-0.05, 0) is 24.1 Å². The van der Waals surface area contributed by atoms with Crippen LogP contribution in [0.3, 0.4) is 0 Å². The Bertz CT molecular complexity index is 659. The van der Waals surface area contributed by atoms with Crippen LogP contribution in [0.15, 0.2) is 59.2 Å². The van der Waals surface area contributed by atoms with Gasteiger partial charge < -0.3 is 0 Å². The first kappa shape index (κ1) is 11.5. The molecule has 3 aromatic rings. The maximum absolute atomic E-state index is 4.45. The van der Waals surface area contributed by atoms with E-state index in [9.17, 15) is 0 Å². The zero-order valence-electron chi connectivity index (χ0n) is 9.88. The highest BCUT2D eigenvalue weighted by molar-refractivity contribution is 9.10. The van der Waals surface area contributed by atoms with Crippen molar-refractivity contribution in [3.05, 3.63) is 64.8 Å². The Kier molecular flexibility index (Phi) is 3.15. The van der Waals surface area contributed by atoms with Crippen molar-refractivity contribution in [3.8, 4) is 0 Å². The number of benzene rings is 2. The molecule has 0 atom stereocenters. The maximum Gasteiger partial charge on any atom is 0.0693 e. The van der Waals surface area contributed by atoms with Gasteiger partial charge in [0.15, 0.2) is 0 Å². The van der Waals surface area contributed by atoms with Crippen LogP contribution in [0.5, 0.6) is 0 Å². The van der Waals surface area contributed by atoms with Gasteiger partial charge in [-0.2, -0.15) is 5.10 Å². The second kappa shape index (κ2) is 4.94. The van der Waals surface area contributed by atoms with Crippen molar-refractivity contribution in [2.45, 2.75) is 13.0 Å². The summed E-state index contributed by atoms with van der Waals surface area (Å²) in [7, 11) is 0. The Morgan fingerprint density at radius 3 is 2.72 bits per heavy atom. The number of halogens is 1. The van der Waals surface area contributed by atoms with Gasteiger partial charge in [0.05, 0.1) is 11.7 Å². The SMILES string of the molecule is Brc1ccc2cnn(CCc3ccccc3)c2c1. The lowest BCUT2D eigenvalue weighted by Gasteiger charge is -2.04. The average molecular weight is 301 g/mol. The molecule has 90 valence electrons. The summed E-state index contributed by atoms with van der Waals surface area (Å²) >= 11 is 3.51. The van der Waals surface area contributed by atoms with Gasteiger partial charge in [0.2, 0.25) is 0 Å². The molecule has 0 aliphatic heterocycles. The molecule has 3 rings (SSSR count). The molecule has 0 unspecified atom stereocenters. The molecule has 0 saturated heterocycles. The molecule has 3 heteroatoms. The molecule has 0 aliphatic rings. The summed E-state index contributed by atoms with van der Waals surface area (Å²) in [6.45, 7) is 0.907. The third-order valence-electron chi connectivity index (χ3n) is 3.06. The van der Waals surface area contributed by atoms with E-state index in [-0.39, 0.29) is 0 Å². The average Bonchev–Trinajstić information content (AvgIpc) is 2.80. The molecular weight excluding hydrogens is 288 g/mol. The summed E-state index contributed by atoms with van der Waals surface area (Å²) in [6.07, 6.45) is 2.93. The molecule has 1 aromatic heterocycles.